The van der Waals surface area contributed by atoms with Crippen molar-refractivity contribution in [3.05, 3.63) is 187 Å². The topological polar surface area (TPSA) is 46.5 Å². The van der Waals surface area contributed by atoms with Crippen LogP contribution in [0.5, 0.6) is 0 Å². The van der Waals surface area contributed by atoms with E-state index in [1.54, 1.807) is 0 Å². The third kappa shape index (κ3) is 5.02. The maximum Gasteiger partial charge on any atom is 0.101 e. The zero-order valence-electron chi connectivity index (χ0n) is 30.0. The van der Waals surface area contributed by atoms with Crippen LogP contribution < -0.4 is 0 Å². The van der Waals surface area contributed by atoms with Crippen LogP contribution in [0.2, 0.25) is 0 Å². The van der Waals surface area contributed by atoms with Gasteiger partial charge in [0.2, 0.25) is 0 Å². The van der Waals surface area contributed by atoms with E-state index in [9.17, 15) is 5.26 Å². The molecule has 54 heavy (non-hydrogen) atoms. The number of hydrogen-bond donors (Lipinski definition) is 0. The van der Waals surface area contributed by atoms with Crippen molar-refractivity contribution in [2.24, 2.45) is 0 Å². The van der Waals surface area contributed by atoms with Crippen molar-refractivity contribution in [1.29, 1.82) is 5.26 Å². The van der Waals surface area contributed by atoms with Gasteiger partial charge in [-0.2, -0.15) is 5.26 Å². The number of hydrogen-bond acceptors (Lipinski definition) is 2. The van der Waals surface area contributed by atoms with Gasteiger partial charge in [-0.1, -0.05) is 120 Å². The molecule has 0 saturated heterocycles. The number of benzene rings is 7. The summed E-state index contributed by atoms with van der Waals surface area (Å²) in [6.45, 7) is 4.26. The average Bonchev–Trinajstić information content (AvgIpc) is 3.72. The van der Waals surface area contributed by atoms with E-state index >= 15 is 0 Å². The normalized spacial score (nSPS) is 11.5. The van der Waals surface area contributed by atoms with Crippen LogP contribution in [0.25, 0.3) is 88.4 Å². The third-order valence-electron chi connectivity index (χ3n) is 10.8. The van der Waals surface area contributed by atoms with E-state index in [0.29, 0.717) is 5.56 Å². The van der Waals surface area contributed by atoms with Crippen molar-refractivity contribution in [3.63, 3.8) is 0 Å². The highest BCUT2D eigenvalue weighted by molar-refractivity contribution is 6.12. The molecule has 0 aliphatic heterocycles. The number of pyridine rings is 1. The van der Waals surface area contributed by atoms with Crippen molar-refractivity contribution in [2.75, 3.05) is 0 Å². The molecule has 0 bridgehead atoms. The lowest BCUT2D eigenvalue weighted by molar-refractivity contribution is 1.13. The number of para-hydroxylation sites is 2. The second-order valence-electron chi connectivity index (χ2n) is 14.1. The van der Waals surface area contributed by atoms with E-state index in [2.05, 4.69) is 192 Å². The highest BCUT2D eigenvalue weighted by atomic mass is 15.0. The predicted molar refractivity (Wildman–Crippen MR) is 223 cm³/mol. The Labute approximate surface area is 313 Å². The van der Waals surface area contributed by atoms with Gasteiger partial charge in [0.15, 0.2) is 0 Å². The first-order chi connectivity index (χ1) is 26.6. The Bertz CT molecular complexity index is 3140. The van der Waals surface area contributed by atoms with Crippen LogP contribution >= 0.6 is 0 Å². The quantitative estimate of drug-likeness (QED) is 0.180. The molecule has 0 aliphatic carbocycles. The fourth-order valence-electron chi connectivity index (χ4n) is 8.27. The molecule has 0 atom stereocenters. The fraction of sp³-hybridized carbons (Fsp3) is 0.0400. The molecular formula is C50H34N4. The minimum Gasteiger partial charge on any atom is -0.309 e. The van der Waals surface area contributed by atoms with E-state index in [0.717, 1.165) is 77.2 Å². The first-order valence-corrected chi connectivity index (χ1v) is 18.3. The standard InChI is InChI=1S/C50H34N4/c1-32-9-7-11-35(25-32)37-17-19-42-40-13-3-5-15-45(40)53(48(42)27-37)47-30-44(34-21-23-52-24-22-34)50(29-39(47)31-51)54-46-16-6-4-14-41(46)43-20-18-38(28-49(43)54)36-12-8-10-33(2)26-36/h3-30H,1-2H3. The number of aromatic nitrogens is 3. The van der Waals surface area contributed by atoms with Crippen LogP contribution in [0.3, 0.4) is 0 Å². The summed E-state index contributed by atoms with van der Waals surface area (Å²) in [6.07, 6.45) is 3.68. The van der Waals surface area contributed by atoms with Crippen LogP contribution in [0, 0.1) is 25.2 Å². The van der Waals surface area contributed by atoms with E-state index in [1.165, 1.54) is 22.3 Å². The number of fused-ring (bicyclic) bond motifs is 6. The summed E-state index contributed by atoms with van der Waals surface area (Å²) in [5.74, 6) is 0. The number of nitrogens with zero attached hydrogens (tertiary/aromatic N) is 4. The Hall–Kier alpha value is -7.22. The van der Waals surface area contributed by atoms with Gasteiger partial charge in [0.05, 0.1) is 39.0 Å². The van der Waals surface area contributed by atoms with Gasteiger partial charge in [0.25, 0.3) is 0 Å². The molecule has 0 spiro atoms. The highest BCUT2D eigenvalue weighted by Crippen LogP contribution is 2.42. The van der Waals surface area contributed by atoms with Crippen LogP contribution in [-0.2, 0) is 0 Å². The molecule has 10 aromatic rings. The maximum atomic E-state index is 11.1. The van der Waals surface area contributed by atoms with Crippen LogP contribution in [0.15, 0.2) is 170 Å². The average molecular weight is 691 g/mol. The summed E-state index contributed by atoms with van der Waals surface area (Å²) in [5, 5.41) is 15.7. The molecule has 0 fully saturated rings. The first-order valence-electron chi connectivity index (χ1n) is 18.3. The summed E-state index contributed by atoms with van der Waals surface area (Å²) in [5.41, 5.74) is 15.7. The Morgan fingerprint density at radius 1 is 0.426 bits per heavy atom. The van der Waals surface area contributed by atoms with Gasteiger partial charge >= 0.3 is 0 Å². The van der Waals surface area contributed by atoms with Crippen LogP contribution in [0.4, 0.5) is 0 Å². The Morgan fingerprint density at radius 2 is 0.926 bits per heavy atom. The van der Waals surface area contributed by atoms with Gasteiger partial charge in [0.1, 0.15) is 6.07 Å². The molecule has 4 heteroatoms. The highest BCUT2D eigenvalue weighted by Gasteiger charge is 2.22. The molecular weight excluding hydrogens is 657 g/mol. The van der Waals surface area contributed by atoms with Crippen LogP contribution in [-0.4, -0.2) is 14.1 Å². The lowest BCUT2D eigenvalue weighted by Crippen LogP contribution is -2.04. The third-order valence-corrected chi connectivity index (χ3v) is 10.8. The Balaban J connectivity index is 1.30. The maximum absolute atomic E-state index is 11.1. The molecule has 0 aliphatic rings. The molecule has 3 aromatic heterocycles. The van der Waals surface area contributed by atoms with Gasteiger partial charge in [0, 0.05) is 39.5 Å². The lowest BCUT2D eigenvalue weighted by atomic mass is 9.99. The summed E-state index contributed by atoms with van der Waals surface area (Å²) in [4.78, 5) is 4.38. The van der Waals surface area contributed by atoms with Gasteiger partial charge in [-0.15, -0.1) is 0 Å². The minimum absolute atomic E-state index is 0.590. The molecule has 0 radical (unpaired) electrons. The monoisotopic (exact) mass is 690 g/mol. The Kier molecular flexibility index (Phi) is 7.28. The van der Waals surface area contributed by atoms with Gasteiger partial charge in [-0.25, -0.2) is 0 Å². The van der Waals surface area contributed by atoms with Crippen molar-refractivity contribution < 1.29 is 0 Å². The van der Waals surface area contributed by atoms with E-state index in [-0.39, 0.29) is 0 Å². The van der Waals surface area contributed by atoms with Crippen molar-refractivity contribution >= 4 is 43.6 Å². The van der Waals surface area contributed by atoms with Gasteiger partial charge in [-0.3, -0.25) is 4.98 Å². The molecule has 0 unspecified atom stereocenters. The number of aryl methyl sites for hydroxylation is 2. The Morgan fingerprint density at radius 3 is 1.46 bits per heavy atom. The molecule has 10 rings (SSSR count). The fourth-order valence-corrected chi connectivity index (χ4v) is 8.27. The van der Waals surface area contributed by atoms with Crippen molar-refractivity contribution in [3.8, 4) is 50.8 Å². The zero-order chi connectivity index (χ0) is 36.3. The second kappa shape index (κ2) is 12.5. The summed E-state index contributed by atoms with van der Waals surface area (Å²) < 4.78 is 4.62. The largest absolute Gasteiger partial charge is 0.309 e. The molecule has 7 aromatic carbocycles. The number of rotatable bonds is 5. The summed E-state index contributed by atoms with van der Waals surface area (Å²) >= 11 is 0. The summed E-state index contributed by atoms with van der Waals surface area (Å²) in [6, 6.07) is 58.8. The van der Waals surface area contributed by atoms with Crippen molar-refractivity contribution in [2.45, 2.75) is 13.8 Å². The second-order valence-corrected chi connectivity index (χ2v) is 14.1. The van der Waals surface area contributed by atoms with Gasteiger partial charge < -0.3 is 9.13 Å². The summed E-state index contributed by atoms with van der Waals surface area (Å²) in [7, 11) is 0. The lowest BCUT2D eigenvalue weighted by Gasteiger charge is -2.19. The molecule has 0 amide bonds. The molecule has 3 heterocycles. The van der Waals surface area contributed by atoms with Gasteiger partial charge in [-0.05, 0) is 90.2 Å². The van der Waals surface area contributed by atoms with Crippen LogP contribution in [0.1, 0.15) is 16.7 Å². The molecule has 0 N–H and O–H groups in total. The minimum atomic E-state index is 0.590. The molecule has 4 nitrogen and oxygen atoms in total. The van der Waals surface area contributed by atoms with E-state index in [1.807, 2.05) is 12.4 Å². The SMILES string of the molecule is Cc1cccc(-c2ccc3c4ccccc4n(-c4cc(-c5ccncc5)c(-n5c6ccccc6c6ccc(-c7cccc(C)c7)cc65)cc4C#N)c3c2)c1. The van der Waals surface area contributed by atoms with Crippen molar-refractivity contribution in [1.82, 2.24) is 14.1 Å². The number of nitriles is 1. The van der Waals surface area contributed by atoms with E-state index < -0.39 is 0 Å². The molecule has 0 saturated carbocycles. The zero-order valence-corrected chi connectivity index (χ0v) is 30.0. The smallest absolute Gasteiger partial charge is 0.101 e. The molecule has 254 valence electrons. The van der Waals surface area contributed by atoms with E-state index in [4.69, 9.17) is 0 Å². The predicted octanol–water partition coefficient (Wildman–Crippen LogP) is 12.8. The first kappa shape index (κ1) is 31.5.